The monoisotopic (exact) mass is 287 g/mol. The molecule has 0 spiro atoms. The largest absolute Gasteiger partial charge is 0.427 e. The molecule has 9 nitrogen and oxygen atoms in total. The number of amides is 1. The van der Waals surface area contributed by atoms with Gasteiger partial charge in [0.1, 0.15) is 0 Å². The molecule has 0 fully saturated rings. The predicted octanol–water partition coefficient (Wildman–Crippen LogP) is 0.280. The van der Waals surface area contributed by atoms with Crippen LogP contribution in [-0.4, -0.2) is 49.8 Å². The first-order valence-corrected chi connectivity index (χ1v) is 5.76. The highest BCUT2D eigenvalue weighted by Crippen LogP contribution is 2.14. The highest BCUT2D eigenvalue weighted by atomic mass is 16.7. The summed E-state index contributed by atoms with van der Waals surface area (Å²) in [4.78, 5) is 24.0. The Bertz CT molecular complexity index is 400. The van der Waals surface area contributed by atoms with Gasteiger partial charge in [0.2, 0.25) is 12.8 Å². The third-order valence-corrected chi connectivity index (χ3v) is 1.91. The maximum absolute atomic E-state index is 11.4. The fraction of sp³-hybridized carbons (Fsp3) is 0.636. The van der Waals surface area contributed by atoms with Crippen LogP contribution in [0, 0.1) is 16.2 Å². The predicted molar refractivity (Wildman–Crippen MR) is 72.3 cm³/mol. The number of alkyl carbamates (subject to hydrolysis) is 1. The van der Waals surface area contributed by atoms with Crippen LogP contribution in [0.5, 0.6) is 0 Å². The zero-order chi connectivity index (χ0) is 15.9. The van der Waals surface area contributed by atoms with Gasteiger partial charge in [-0.2, -0.15) is 0 Å². The average Bonchev–Trinajstić information content (AvgIpc) is 2.26. The summed E-state index contributed by atoms with van der Waals surface area (Å²) in [5.74, 6) is -1.00. The van der Waals surface area contributed by atoms with Gasteiger partial charge in [-0.1, -0.05) is 0 Å². The molecule has 0 aliphatic rings. The Balaban J connectivity index is 3.98. The Morgan fingerprint density at radius 1 is 1.10 bits per heavy atom. The van der Waals surface area contributed by atoms with Crippen molar-refractivity contribution in [2.24, 2.45) is 5.41 Å². The second kappa shape index (κ2) is 7.31. The van der Waals surface area contributed by atoms with E-state index in [0.717, 1.165) is 0 Å². The van der Waals surface area contributed by atoms with Crippen LogP contribution in [0.1, 0.15) is 20.8 Å². The van der Waals surface area contributed by atoms with Crippen molar-refractivity contribution in [1.29, 1.82) is 10.8 Å². The Labute approximate surface area is 117 Å². The maximum Gasteiger partial charge on any atom is 0.416 e. The van der Waals surface area contributed by atoms with E-state index in [-0.39, 0.29) is 5.96 Å². The molecule has 0 radical (unpaired) electrons. The van der Waals surface area contributed by atoms with E-state index in [2.05, 4.69) is 10.1 Å². The molecule has 0 aromatic carbocycles. The van der Waals surface area contributed by atoms with Gasteiger partial charge in [-0.15, -0.1) is 0 Å². The van der Waals surface area contributed by atoms with Crippen molar-refractivity contribution < 1.29 is 19.1 Å². The summed E-state index contributed by atoms with van der Waals surface area (Å²) in [5, 5.41) is 19.1. The van der Waals surface area contributed by atoms with E-state index in [1.165, 1.54) is 4.90 Å². The van der Waals surface area contributed by atoms with Gasteiger partial charge in [-0.05, 0) is 20.8 Å². The van der Waals surface area contributed by atoms with Crippen LogP contribution >= 0.6 is 0 Å². The number of carbonyl (C=O) groups excluding carboxylic acids is 2. The van der Waals surface area contributed by atoms with E-state index in [4.69, 9.17) is 15.6 Å². The van der Waals surface area contributed by atoms with Gasteiger partial charge in [0.05, 0.1) is 5.41 Å². The molecule has 9 heteroatoms. The van der Waals surface area contributed by atoms with Crippen molar-refractivity contribution in [2.45, 2.75) is 20.8 Å². The van der Waals surface area contributed by atoms with Crippen molar-refractivity contribution >= 4 is 24.0 Å². The zero-order valence-corrected chi connectivity index (χ0v) is 12.3. The molecule has 0 aromatic heterocycles. The minimum Gasteiger partial charge on any atom is -0.427 e. The lowest BCUT2D eigenvalue weighted by atomic mass is 9.98. The van der Waals surface area contributed by atoms with Gasteiger partial charge in [0.25, 0.3) is 0 Å². The second-order valence-electron chi connectivity index (χ2n) is 5.10. The maximum atomic E-state index is 11.4. The Hall–Kier alpha value is -2.32. The summed E-state index contributed by atoms with van der Waals surface area (Å²) >= 11 is 0. The molecule has 0 heterocycles. The number of esters is 1. The molecule has 0 aliphatic heterocycles. The van der Waals surface area contributed by atoms with Gasteiger partial charge in [-0.3, -0.25) is 26.2 Å². The lowest BCUT2D eigenvalue weighted by Gasteiger charge is -2.17. The normalized spacial score (nSPS) is 10.2. The molecule has 1 amide bonds. The number of nitrogens with one attached hydrogen (secondary N) is 4. The topological polar surface area (TPSA) is 128 Å². The zero-order valence-electron chi connectivity index (χ0n) is 12.3. The number of hydrogen-bond donors (Lipinski definition) is 4. The lowest BCUT2D eigenvalue weighted by molar-refractivity contribution is -0.161. The minimum absolute atomic E-state index is 0.0746. The van der Waals surface area contributed by atoms with Gasteiger partial charge < -0.3 is 14.4 Å². The van der Waals surface area contributed by atoms with E-state index in [1.54, 1.807) is 34.9 Å². The highest BCUT2D eigenvalue weighted by Gasteiger charge is 2.23. The van der Waals surface area contributed by atoms with Gasteiger partial charge in [0.15, 0.2) is 5.96 Å². The number of guanidine groups is 2. The van der Waals surface area contributed by atoms with Gasteiger partial charge >= 0.3 is 12.1 Å². The highest BCUT2D eigenvalue weighted by molar-refractivity contribution is 6.01. The summed E-state index contributed by atoms with van der Waals surface area (Å²) in [6, 6.07) is 0. The molecule has 114 valence electrons. The van der Waals surface area contributed by atoms with Gasteiger partial charge in [-0.25, -0.2) is 4.79 Å². The molecule has 0 rings (SSSR count). The smallest absolute Gasteiger partial charge is 0.416 e. The van der Waals surface area contributed by atoms with Crippen molar-refractivity contribution in [2.75, 3.05) is 20.9 Å². The second-order valence-corrected chi connectivity index (χ2v) is 5.10. The molecular weight excluding hydrogens is 266 g/mol. The summed E-state index contributed by atoms with van der Waals surface area (Å²) in [5.41, 5.74) is -0.686. The van der Waals surface area contributed by atoms with Crippen LogP contribution in [0.3, 0.4) is 0 Å². The summed E-state index contributed by atoms with van der Waals surface area (Å²) < 4.78 is 9.28. The Morgan fingerprint density at radius 2 is 1.65 bits per heavy atom. The number of rotatable bonds is 2. The molecule has 4 N–H and O–H groups in total. The molecule has 20 heavy (non-hydrogen) atoms. The first-order valence-electron chi connectivity index (χ1n) is 5.76. The summed E-state index contributed by atoms with van der Waals surface area (Å²) in [6.45, 7) is 4.46. The SMILES string of the molecule is CN(C)C(=N)NC(=N)NC(=O)OCOC(=O)C(C)(C)C. The molecule has 0 bridgehead atoms. The number of carbonyl (C=O) groups is 2. The van der Waals surface area contributed by atoms with E-state index in [1.807, 2.05) is 5.32 Å². The van der Waals surface area contributed by atoms with Crippen molar-refractivity contribution in [3.05, 3.63) is 0 Å². The third-order valence-electron chi connectivity index (χ3n) is 1.91. The number of hydrogen-bond acceptors (Lipinski definition) is 6. The van der Waals surface area contributed by atoms with Crippen LogP contribution in [0.2, 0.25) is 0 Å². The number of ether oxygens (including phenoxy) is 2. The lowest BCUT2D eigenvalue weighted by Crippen LogP contribution is -2.47. The van der Waals surface area contributed by atoms with Crippen LogP contribution in [0.15, 0.2) is 0 Å². The average molecular weight is 287 g/mol. The number of nitrogens with zero attached hydrogens (tertiary/aromatic N) is 1. The van der Waals surface area contributed by atoms with Crippen LogP contribution in [0.25, 0.3) is 0 Å². The van der Waals surface area contributed by atoms with Crippen LogP contribution in [0.4, 0.5) is 4.79 Å². The Kier molecular flexibility index (Phi) is 6.47. The molecule has 0 saturated carbocycles. The fourth-order valence-corrected chi connectivity index (χ4v) is 0.753. The molecular formula is C11H21N5O4. The fourth-order valence-electron chi connectivity index (χ4n) is 0.753. The minimum atomic E-state index is -0.962. The summed E-state index contributed by atoms with van der Waals surface area (Å²) in [7, 11) is 3.21. The van der Waals surface area contributed by atoms with Crippen LogP contribution < -0.4 is 10.6 Å². The third kappa shape index (κ3) is 7.19. The van der Waals surface area contributed by atoms with Crippen molar-refractivity contribution in [3.63, 3.8) is 0 Å². The van der Waals surface area contributed by atoms with Gasteiger partial charge in [0, 0.05) is 14.1 Å². The first kappa shape index (κ1) is 17.7. The molecule has 0 unspecified atom stereocenters. The Morgan fingerprint density at radius 3 is 2.10 bits per heavy atom. The van der Waals surface area contributed by atoms with E-state index in [9.17, 15) is 9.59 Å². The molecule has 0 saturated heterocycles. The molecule has 0 aliphatic carbocycles. The van der Waals surface area contributed by atoms with Crippen molar-refractivity contribution in [1.82, 2.24) is 15.5 Å². The standard InChI is InChI=1S/C11H21N5O4/c1-11(2,3)7(17)19-6-20-10(18)15-8(12)14-9(13)16(4)5/h6H2,1-5H3,(H4,12,13,14,15,18). The van der Waals surface area contributed by atoms with E-state index < -0.39 is 30.2 Å². The first-order chi connectivity index (χ1) is 9.04. The van der Waals surface area contributed by atoms with E-state index in [0.29, 0.717) is 0 Å². The van der Waals surface area contributed by atoms with Crippen molar-refractivity contribution in [3.8, 4) is 0 Å². The van der Waals surface area contributed by atoms with Crippen LogP contribution in [-0.2, 0) is 14.3 Å². The molecule has 0 aromatic rings. The quantitative estimate of drug-likeness (QED) is 0.250. The molecule has 0 atom stereocenters. The summed E-state index contributed by atoms with van der Waals surface area (Å²) in [6.07, 6.45) is -0.962. The van der Waals surface area contributed by atoms with E-state index >= 15 is 0 Å².